The third-order valence-electron chi connectivity index (χ3n) is 5.47. The van der Waals surface area contributed by atoms with E-state index in [1.165, 1.54) is 12.1 Å². The van der Waals surface area contributed by atoms with Crippen LogP contribution in [0.2, 0.25) is 0 Å². The molecule has 5 nitrogen and oxygen atoms in total. The quantitative estimate of drug-likeness (QED) is 0.728. The molecule has 134 valence electrons. The predicted octanol–water partition coefficient (Wildman–Crippen LogP) is 3.01. The maximum atomic E-state index is 13.4. The molecule has 1 aromatic heterocycles. The Hall–Kier alpha value is -2.22. The summed E-state index contributed by atoms with van der Waals surface area (Å²) in [6, 6.07) is 9.95. The zero-order chi connectivity index (χ0) is 18.1. The second-order valence-electron chi connectivity index (χ2n) is 6.97. The molecule has 7 heteroatoms. The molecule has 0 bridgehead atoms. The van der Waals surface area contributed by atoms with Gasteiger partial charge >= 0.3 is 0 Å². The molecule has 1 saturated heterocycles. The Bertz CT molecular complexity index is 1130. The number of nitrogens with zero attached hydrogens (tertiary/aromatic N) is 1. The number of halogens is 1. The minimum atomic E-state index is -3.45. The van der Waals surface area contributed by atoms with Crippen molar-refractivity contribution in [1.82, 2.24) is 14.6 Å². The molecule has 0 spiro atoms. The summed E-state index contributed by atoms with van der Waals surface area (Å²) in [6.45, 7) is 3.33. The standard InChI is InChI=1S/C19H18FN3O2S/c1-11-16-6-12(17-10-22-18-7-13(20)3-4-15(17)18)2-5-19(16)26(24,25)23(11)14-8-21-9-14/h2-7,10-11,14,21-22H,8-9H2,1H3. The highest BCUT2D eigenvalue weighted by Gasteiger charge is 2.45. The number of aromatic amines is 1. The van der Waals surface area contributed by atoms with Crippen LogP contribution >= 0.6 is 0 Å². The van der Waals surface area contributed by atoms with E-state index < -0.39 is 10.0 Å². The minimum absolute atomic E-state index is 0.0157. The first kappa shape index (κ1) is 16.0. The Labute approximate surface area is 150 Å². The molecule has 5 rings (SSSR count). The van der Waals surface area contributed by atoms with Gasteiger partial charge < -0.3 is 10.3 Å². The van der Waals surface area contributed by atoms with Gasteiger partial charge in [0.05, 0.1) is 10.9 Å². The molecular formula is C19H18FN3O2S. The molecule has 2 aliphatic heterocycles. The van der Waals surface area contributed by atoms with E-state index in [2.05, 4.69) is 10.3 Å². The summed E-state index contributed by atoms with van der Waals surface area (Å²) in [5.41, 5.74) is 3.42. The van der Waals surface area contributed by atoms with Gasteiger partial charge in [-0.05, 0) is 48.4 Å². The van der Waals surface area contributed by atoms with Crippen LogP contribution in [-0.4, -0.2) is 36.8 Å². The molecular weight excluding hydrogens is 353 g/mol. The van der Waals surface area contributed by atoms with Crippen molar-refractivity contribution in [2.45, 2.75) is 23.9 Å². The molecule has 1 fully saturated rings. The number of benzene rings is 2. The lowest BCUT2D eigenvalue weighted by atomic mass is 9.99. The second-order valence-corrected chi connectivity index (χ2v) is 8.78. The van der Waals surface area contributed by atoms with Crippen LogP contribution < -0.4 is 5.32 Å². The van der Waals surface area contributed by atoms with Gasteiger partial charge in [-0.1, -0.05) is 6.07 Å². The third kappa shape index (κ3) is 2.11. The van der Waals surface area contributed by atoms with Crippen LogP contribution in [0.4, 0.5) is 4.39 Å². The van der Waals surface area contributed by atoms with Gasteiger partial charge in [0.15, 0.2) is 0 Å². The molecule has 0 amide bonds. The van der Waals surface area contributed by atoms with Gasteiger partial charge in [-0.15, -0.1) is 0 Å². The summed E-state index contributed by atoms with van der Waals surface area (Å²) in [5.74, 6) is -0.288. The van der Waals surface area contributed by atoms with Gasteiger partial charge in [-0.2, -0.15) is 4.31 Å². The van der Waals surface area contributed by atoms with Crippen molar-refractivity contribution in [2.24, 2.45) is 0 Å². The SMILES string of the molecule is CC1c2cc(-c3c[nH]c4cc(F)ccc34)ccc2S(=O)(=O)N1C1CNC1. The van der Waals surface area contributed by atoms with Crippen LogP contribution in [0.1, 0.15) is 18.5 Å². The fourth-order valence-electron chi connectivity index (χ4n) is 4.04. The molecule has 26 heavy (non-hydrogen) atoms. The fourth-order valence-corrected chi connectivity index (χ4v) is 6.11. The first-order valence-corrected chi connectivity index (χ1v) is 10.1. The van der Waals surface area contributed by atoms with E-state index in [1.807, 2.05) is 25.3 Å². The molecule has 1 unspecified atom stereocenters. The van der Waals surface area contributed by atoms with E-state index in [0.717, 1.165) is 27.6 Å². The van der Waals surface area contributed by atoms with Gasteiger partial charge in [0.2, 0.25) is 10.0 Å². The lowest BCUT2D eigenvalue weighted by molar-refractivity contribution is 0.210. The van der Waals surface area contributed by atoms with Crippen molar-refractivity contribution >= 4 is 20.9 Å². The monoisotopic (exact) mass is 371 g/mol. The van der Waals surface area contributed by atoms with Crippen molar-refractivity contribution in [3.8, 4) is 11.1 Å². The highest BCUT2D eigenvalue weighted by atomic mass is 32.2. The van der Waals surface area contributed by atoms with Crippen LogP contribution in [0, 0.1) is 5.82 Å². The summed E-state index contributed by atoms with van der Waals surface area (Å²) in [7, 11) is -3.45. The number of aromatic nitrogens is 1. The fraction of sp³-hybridized carbons (Fsp3) is 0.263. The average Bonchev–Trinajstić information content (AvgIpc) is 3.06. The van der Waals surface area contributed by atoms with Gasteiger partial charge in [-0.3, -0.25) is 0 Å². The van der Waals surface area contributed by atoms with E-state index in [-0.39, 0.29) is 17.9 Å². The van der Waals surface area contributed by atoms with Crippen molar-refractivity contribution < 1.29 is 12.8 Å². The molecule has 0 radical (unpaired) electrons. The summed E-state index contributed by atoms with van der Waals surface area (Å²) < 4.78 is 40.9. The number of fused-ring (bicyclic) bond motifs is 2. The molecule has 0 saturated carbocycles. The summed E-state index contributed by atoms with van der Waals surface area (Å²) >= 11 is 0. The molecule has 2 aromatic carbocycles. The van der Waals surface area contributed by atoms with Gasteiger partial charge in [-0.25, -0.2) is 12.8 Å². The zero-order valence-corrected chi connectivity index (χ0v) is 15.0. The molecule has 2 aliphatic rings. The Kier molecular flexibility index (Phi) is 3.31. The molecule has 0 aliphatic carbocycles. The van der Waals surface area contributed by atoms with Gasteiger partial charge in [0.25, 0.3) is 0 Å². The Morgan fingerprint density at radius 2 is 1.96 bits per heavy atom. The molecule has 1 atom stereocenters. The minimum Gasteiger partial charge on any atom is -0.360 e. The van der Waals surface area contributed by atoms with E-state index in [1.54, 1.807) is 16.4 Å². The maximum absolute atomic E-state index is 13.4. The number of H-pyrrole nitrogens is 1. The van der Waals surface area contributed by atoms with Gasteiger partial charge in [0.1, 0.15) is 5.82 Å². The first-order valence-electron chi connectivity index (χ1n) is 8.62. The van der Waals surface area contributed by atoms with Crippen molar-refractivity contribution in [2.75, 3.05) is 13.1 Å². The first-order chi connectivity index (χ1) is 12.5. The van der Waals surface area contributed by atoms with E-state index >= 15 is 0 Å². The van der Waals surface area contributed by atoms with Crippen LogP contribution in [0.25, 0.3) is 22.0 Å². The molecule has 3 aromatic rings. The highest BCUT2D eigenvalue weighted by Crippen LogP contribution is 2.43. The largest absolute Gasteiger partial charge is 0.360 e. The van der Waals surface area contributed by atoms with E-state index in [9.17, 15) is 12.8 Å². The van der Waals surface area contributed by atoms with Crippen LogP contribution in [0.3, 0.4) is 0 Å². The van der Waals surface area contributed by atoms with Crippen LogP contribution in [0.5, 0.6) is 0 Å². The zero-order valence-electron chi connectivity index (χ0n) is 14.2. The van der Waals surface area contributed by atoms with Crippen LogP contribution in [0.15, 0.2) is 47.5 Å². The number of nitrogens with one attached hydrogen (secondary N) is 2. The Balaban J connectivity index is 1.64. The second kappa shape index (κ2) is 5.39. The van der Waals surface area contributed by atoms with Crippen molar-refractivity contribution in [3.05, 3.63) is 54.0 Å². The Morgan fingerprint density at radius 1 is 1.15 bits per heavy atom. The smallest absolute Gasteiger partial charge is 0.244 e. The number of hydrogen-bond donors (Lipinski definition) is 2. The van der Waals surface area contributed by atoms with E-state index in [4.69, 9.17) is 0 Å². The van der Waals surface area contributed by atoms with Crippen LogP contribution in [-0.2, 0) is 10.0 Å². The highest BCUT2D eigenvalue weighted by molar-refractivity contribution is 7.89. The summed E-state index contributed by atoms with van der Waals surface area (Å²) in [4.78, 5) is 3.49. The summed E-state index contributed by atoms with van der Waals surface area (Å²) in [5, 5.41) is 4.06. The summed E-state index contributed by atoms with van der Waals surface area (Å²) in [6.07, 6.45) is 1.84. The molecule has 3 heterocycles. The van der Waals surface area contributed by atoms with Gasteiger partial charge in [0, 0.05) is 41.8 Å². The van der Waals surface area contributed by atoms with Crippen molar-refractivity contribution in [1.29, 1.82) is 0 Å². The topological polar surface area (TPSA) is 65.2 Å². The Morgan fingerprint density at radius 3 is 2.69 bits per heavy atom. The lowest BCUT2D eigenvalue weighted by Gasteiger charge is -2.36. The number of sulfonamides is 1. The third-order valence-corrected chi connectivity index (χ3v) is 7.57. The van der Waals surface area contributed by atoms with E-state index in [0.29, 0.717) is 18.0 Å². The number of hydrogen-bond acceptors (Lipinski definition) is 3. The predicted molar refractivity (Wildman–Crippen MR) is 97.8 cm³/mol. The number of rotatable bonds is 2. The average molecular weight is 371 g/mol. The lowest BCUT2D eigenvalue weighted by Crippen LogP contribution is -2.57. The van der Waals surface area contributed by atoms with Crippen molar-refractivity contribution in [3.63, 3.8) is 0 Å². The normalized spacial score (nSPS) is 22.5. The maximum Gasteiger partial charge on any atom is 0.244 e. The molecule has 2 N–H and O–H groups in total.